The van der Waals surface area contributed by atoms with Gasteiger partial charge in [-0.15, -0.1) is 11.3 Å². The lowest BCUT2D eigenvalue weighted by atomic mass is 9.96. The second kappa shape index (κ2) is 11.3. The van der Waals surface area contributed by atoms with E-state index in [-0.39, 0.29) is 0 Å². The van der Waals surface area contributed by atoms with E-state index in [1.165, 1.54) is 53.2 Å². The molecule has 5 heteroatoms. The highest BCUT2D eigenvalue weighted by molar-refractivity contribution is 8.00. The van der Waals surface area contributed by atoms with Gasteiger partial charge in [0.25, 0.3) is 0 Å². The van der Waals surface area contributed by atoms with Crippen molar-refractivity contribution in [1.29, 1.82) is 0 Å². The minimum absolute atomic E-state index is 0.845. The van der Waals surface area contributed by atoms with Gasteiger partial charge >= 0.3 is 0 Å². The fourth-order valence-electron chi connectivity index (χ4n) is 7.65. The number of fused-ring (bicyclic) bond motifs is 5. The average Bonchev–Trinajstić information content (AvgIpc) is 3.57. The third kappa shape index (κ3) is 4.59. The van der Waals surface area contributed by atoms with Gasteiger partial charge in [-0.3, -0.25) is 0 Å². The summed E-state index contributed by atoms with van der Waals surface area (Å²) in [4.78, 5) is 4.60. The number of hydrogen-bond donors (Lipinski definition) is 1. The van der Waals surface area contributed by atoms with Crippen molar-refractivity contribution in [3.63, 3.8) is 0 Å². The molecule has 0 atom stereocenters. The number of nitrogens with zero attached hydrogens (tertiary/aromatic N) is 1. The van der Waals surface area contributed by atoms with Crippen LogP contribution in [0.1, 0.15) is 0 Å². The van der Waals surface area contributed by atoms with Crippen LogP contribution in [0.5, 0.6) is 11.5 Å². The predicted molar refractivity (Wildman–Crippen MR) is 216 cm³/mol. The van der Waals surface area contributed by atoms with Crippen LogP contribution in [0.15, 0.2) is 174 Å². The first-order valence-corrected chi connectivity index (χ1v) is 18.7. The Balaban J connectivity index is 1.13. The molecule has 0 unspecified atom stereocenters. The van der Waals surface area contributed by atoms with Crippen LogP contribution in [0.3, 0.4) is 0 Å². The summed E-state index contributed by atoms with van der Waals surface area (Å²) in [6, 6.07) is 59.0. The second-order valence-corrected chi connectivity index (χ2v) is 15.1. The van der Waals surface area contributed by atoms with Crippen molar-refractivity contribution >= 4 is 82.5 Å². The van der Waals surface area contributed by atoms with E-state index in [0.717, 1.165) is 49.7 Å². The molecule has 3 heterocycles. The third-order valence-electron chi connectivity index (χ3n) is 10.0. The molecule has 3 nitrogen and oxygen atoms in total. The van der Waals surface area contributed by atoms with Crippen LogP contribution in [-0.4, -0.2) is 0 Å². The highest BCUT2D eigenvalue weighted by atomic mass is 32.2. The van der Waals surface area contributed by atoms with Crippen LogP contribution in [-0.2, 0) is 0 Å². The molecule has 2 bridgehead atoms. The number of nitrogens with one attached hydrogen (secondary N) is 1. The molecule has 2 aliphatic rings. The lowest BCUT2D eigenvalue weighted by Crippen LogP contribution is -2.11. The molecule has 0 aliphatic carbocycles. The molecule has 1 aromatic heterocycles. The first kappa shape index (κ1) is 28.8. The van der Waals surface area contributed by atoms with Crippen LogP contribution in [0, 0.1) is 0 Å². The van der Waals surface area contributed by atoms with Crippen LogP contribution in [0.25, 0.3) is 53.2 Å². The quantitative estimate of drug-likeness (QED) is 0.199. The molecular weight excluding hydrogens is 661 g/mol. The van der Waals surface area contributed by atoms with E-state index in [4.69, 9.17) is 4.74 Å². The largest absolute Gasteiger partial charge is 0.455 e. The number of ether oxygens (including phenoxy) is 1. The highest BCUT2D eigenvalue weighted by Gasteiger charge is 2.29. The zero-order valence-corrected chi connectivity index (χ0v) is 28.9. The molecular formula is C46H28N2OS2. The van der Waals surface area contributed by atoms with Crippen molar-refractivity contribution in [1.82, 2.24) is 0 Å². The summed E-state index contributed by atoms with van der Waals surface area (Å²) in [6.07, 6.45) is 0. The number of para-hydroxylation sites is 1. The minimum atomic E-state index is 0.845. The molecule has 1 N–H and O–H groups in total. The van der Waals surface area contributed by atoms with Gasteiger partial charge in [0, 0.05) is 54.3 Å². The maximum absolute atomic E-state index is 6.87. The summed E-state index contributed by atoms with van der Waals surface area (Å²) < 4.78 is 9.43. The van der Waals surface area contributed by atoms with Gasteiger partial charge in [-0.25, -0.2) is 0 Å². The molecule has 51 heavy (non-hydrogen) atoms. The number of benzene rings is 8. The molecule has 0 saturated heterocycles. The normalized spacial score (nSPS) is 12.5. The Bertz CT molecular complexity index is 2840. The SMILES string of the molecule is c1ccc(-c2ccc(N(c3cc4c5c(c3)Oc3ccc6cccc(c6c3S5)-c3ccccc3N4)c3ccc4c(c3)sc3ccccc34)cc2)cc1. The predicted octanol–water partition coefficient (Wildman–Crippen LogP) is 14.3. The maximum Gasteiger partial charge on any atom is 0.145 e. The lowest BCUT2D eigenvalue weighted by Gasteiger charge is -2.29. The molecule has 0 fully saturated rings. The van der Waals surface area contributed by atoms with Gasteiger partial charge in [0.15, 0.2) is 0 Å². The van der Waals surface area contributed by atoms with Gasteiger partial charge in [-0.2, -0.15) is 0 Å². The molecule has 11 rings (SSSR count). The monoisotopic (exact) mass is 688 g/mol. The summed E-state index contributed by atoms with van der Waals surface area (Å²) in [5, 5.41) is 8.90. The first-order valence-electron chi connectivity index (χ1n) is 17.1. The maximum atomic E-state index is 6.87. The summed E-state index contributed by atoms with van der Waals surface area (Å²) in [5.74, 6) is 1.73. The topological polar surface area (TPSA) is 24.5 Å². The van der Waals surface area contributed by atoms with E-state index < -0.39 is 0 Å². The summed E-state index contributed by atoms with van der Waals surface area (Å²) >= 11 is 3.64. The molecule has 240 valence electrons. The standard InChI is InChI=1S/C46H28N2OS2/c1-2-9-28(10-3-1)29-17-20-31(21-18-29)48(32-22-23-36-35-13-5-7-16-42(35)50-43(36)27-32)33-25-39-45-41(26-33)49-40-24-19-30-11-8-14-37(44(30)46(40)51-45)34-12-4-6-15-38(34)47-39/h1-27,47H. The number of rotatable bonds is 4. The van der Waals surface area contributed by atoms with Gasteiger partial charge in [-0.05, 0) is 70.6 Å². The van der Waals surface area contributed by atoms with E-state index in [1.54, 1.807) is 11.8 Å². The van der Waals surface area contributed by atoms with Gasteiger partial charge in [0.2, 0.25) is 0 Å². The summed E-state index contributed by atoms with van der Waals surface area (Å²) in [7, 11) is 0. The van der Waals surface area contributed by atoms with Crippen LogP contribution >= 0.6 is 23.1 Å². The van der Waals surface area contributed by atoms with Crippen molar-refractivity contribution in [2.75, 3.05) is 10.2 Å². The summed E-state index contributed by atoms with van der Waals surface area (Å²) in [6.45, 7) is 0. The molecule has 9 aromatic rings. The molecule has 0 saturated carbocycles. The summed E-state index contributed by atoms with van der Waals surface area (Å²) in [5.41, 5.74) is 10.0. The van der Waals surface area contributed by atoms with Crippen LogP contribution < -0.4 is 15.0 Å². The van der Waals surface area contributed by atoms with Crippen molar-refractivity contribution in [3.8, 4) is 33.8 Å². The van der Waals surface area contributed by atoms with Crippen LogP contribution in [0.2, 0.25) is 0 Å². The second-order valence-electron chi connectivity index (χ2n) is 13.0. The molecule has 0 radical (unpaired) electrons. The average molecular weight is 689 g/mol. The number of anilines is 5. The van der Waals surface area contributed by atoms with Crippen molar-refractivity contribution in [3.05, 3.63) is 164 Å². The molecule has 0 amide bonds. The lowest BCUT2D eigenvalue weighted by molar-refractivity contribution is 0.457. The van der Waals surface area contributed by atoms with E-state index >= 15 is 0 Å². The smallest absolute Gasteiger partial charge is 0.145 e. The zero-order chi connectivity index (χ0) is 33.5. The Morgan fingerprint density at radius 3 is 2.16 bits per heavy atom. The van der Waals surface area contributed by atoms with E-state index in [1.807, 2.05) is 11.3 Å². The Hall–Kier alpha value is -6.01. The molecule has 2 aliphatic heterocycles. The van der Waals surface area contributed by atoms with Crippen LogP contribution in [0.4, 0.5) is 28.4 Å². The van der Waals surface area contributed by atoms with Gasteiger partial charge < -0.3 is 15.0 Å². The Kier molecular flexibility index (Phi) is 6.35. The Labute approximate surface area is 303 Å². The highest BCUT2D eigenvalue weighted by Crippen LogP contribution is 2.57. The zero-order valence-electron chi connectivity index (χ0n) is 27.3. The van der Waals surface area contributed by atoms with E-state index in [0.29, 0.717) is 0 Å². The Morgan fingerprint density at radius 1 is 0.471 bits per heavy atom. The first-order chi connectivity index (χ1) is 25.2. The van der Waals surface area contributed by atoms with Crippen molar-refractivity contribution < 1.29 is 4.74 Å². The minimum Gasteiger partial charge on any atom is -0.455 e. The van der Waals surface area contributed by atoms with E-state index in [9.17, 15) is 0 Å². The molecule has 0 spiro atoms. The van der Waals surface area contributed by atoms with Crippen molar-refractivity contribution in [2.24, 2.45) is 0 Å². The number of hydrogen-bond acceptors (Lipinski definition) is 5. The van der Waals surface area contributed by atoms with Crippen molar-refractivity contribution in [2.45, 2.75) is 9.79 Å². The fraction of sp³-hybridized carbons (Fsp3) is 0. The van der Waals surface area contributed by atoms with Gasteiger partial charge in [0.05, 0.1) is 21.2 Å². The van der Waals surface area contributed by atoms with Gasteiger partial charge in [0.1, 0.15) is 11.5 Å². The fourth-order valence-corrected chi connectivity index (χ4v) is 9.96. The van der Waals surface area contributed by atoms with E-state index in [2.05, 4.69) is 174 Å². The number of thiophene rings is 1. The van der Waals surface area contributed by atoms with Gasteiger partial charge in [-0.1, -0.05) is 121 Å². The Morgan fingerprint density at radius 2 is 1.24 bits per heavy atom. The third-order valence-corrected chi connectivity index (χ3v) is 12.4. The molecule has 8 aromatic carbocycles.